The number of fused-ring (bicyclic) bond motifs is 1. The Morgan fingerprint density at radius 2 is 2.35 bits per heavy atom. The van der Waals surface area contributed by atoms with Crippen molar-refractivity contribution >= 4 is 30.1 Å². The van der Waals surface area contributed by atoms with Crippen LogP contribution in [0.5, 0.6) is 0 Å². The van der Waals surface area contributed by atoms with Gasteiger partial charge in [0.25, 0.3) is 0 Å². The highest BCUT2D eigenvalue weighted by molar-refractivity contribution is 7.98. The van der Waals surface area contributed by atoms with Crippen molar-refractivity contribution in [1.82, 2.24) is 5.32 Å². The van der Waals surface area contributed by atoms with Gasteiger partial charge in [-0.3, -0.25) is 4.79 Å². The van der Waals surface area contributed by atoms with Crippen molar-refractivity contribution in [1.29, 1.82) is 0 Å². The second kappa shape index (κ2) is 7.86. The third-order valence-corrected chi connectivity index (χ3v) is 4.14. The topological polar surface area (TPSA) is 55.1 Å². The standard InChI is InChI=1S/C14H19FN2OS.ClH/c1-19-8-7-12(16)14(18)17-13-6-5-9-10(13)3-2-4-11(9)15;/h2-4,12-13H,5-8,16H2,1H3,(H,17,18);1H. The Bertz CT molecular complexity index is 472. The van der Waals surface area contributed by atoms with Gasteiger partial charge in [-0.25, -0.2) is 4.39 Å². The van der Waals surface area contributed by atoms with E-state index in [4.69, 9.17) is 5.73 Å². The van der Waals surface area contributed by atoms with Crippen molar-refractivity contribution in [3.63, 3.8) is 0 Å². The van der Waals surface area contributed by atoms with Gasteiger partial charge in [0.15, 0.2) is 0 Å². The highest BCUT2D eigenvalue weighted by Crippen LogP contribution is 2.32. The molecule has 1 amide bonds. The van der Waals surface area contributed by atoms with Crippen molar-refractivity contribution in [2.24, 2.45) is 5.73 Å². The van der Waals surface area contributed by atoms with Gasteiger partial charge in [0, 0.05) is 0 Å². The fraction of sp³-hybridized carbons (Fsp3) is 0.500. The summed E-state index contributed by atoms with van der Waals surface area (Å²) in [4.78, 5) is 12.0. The molecule has 0 radical (unpaired) electrons. The lowest BCUT2D eigenvalue weighted by atomic mass is 10.1. The normalized spacial score (nSPS) is 18.1. The zero-order valence-electron chi connectivity index (χ0n) is 11.4. The SMILES string of the molecule is CSCCC(N)C(=O)NC1CCc2c(F)cccc21.Cl. The van der Waals surface area contributed by atoms with Gasteiger partial charge >= 0.3 is 0 Å². The molecular weight excluding hydrogens is 299 g/mol. The van der Waals surface area contributed by atoms with Crippen molar-refractivity contribution in [3.8, 4) is 0 Å². The van der Waals surface area contributed by atoms with Gasteiger partial charge in [-0.15, -0.1) is 12.4 Å². The van der Waals surface area contributed by atoms with Crippen LogP contribution in [0.1, 0.15) is 30.0 Å². The third kappa shape index (κ3) is 3.87. The van der Waals surface area contributed by atoms with Gasteiger partial charge < -0.3 is 11.1 Å². The van der Waals surface area contributed by atoms with Gasteiger partial charge in [-0.2, -0.15) is 11.8 Å². The van der Waals surface area contributed by atoms with Crippen LogP contribution in [0.15, 0.2) is 18.2 Å². The fourth-order valence-corrected chi connectivity index (χ4v) is 2.90. The van der Waals surface area contributed by atoms with Gasteiger partial charge in [-0.05, 0) is 48.5 Å². The Morgan fingerprint density at radius 1 is 1.60 bits per heavy atom. The van der Waals surface area contributed by atoms with E-state index in [1.54, 1.807) is 17.8 Å². The first kappa shape index (κ1) is 17.3. The Balaban J connectivity index is 0.00000200. The van der Waals surface area contributed by atoms with Crippen LogP contribution in [0.3, 0.4) is 0 Å². The summed E-state index contributed by atoms with van der Waals surface area (Å²) in [6, 6.07) is 4.45. The minimum absolute atomic E-state index is 0. The lowest BCUT2D eigenvalue weighted by Crippen LogP contribution is -2.42. The predicted octanol–water partition coefficient (Wildman–Crippen LogP) is 2.43. The van der Waals surface area contributed by atoms with E-state index in [0.29, 0.717) is 12.8 Å². The summed E-state index contributed by atoms with van der Waals surface area (Å²) in [7, 11) is 0. The molecule has 2 atom stereocenters. The number of nitrogens with two attached hydrogens (primary N) is 1. The average Bonchev–Trinajstić information content (AvgIpc) is 2.80. The van der Waals surface area contributed by atoms with Crippen molar-refractivity contribution < 1.29 is 9.18 Å². The molecule has 1 aromatic rings. The maximum absolute atomic E-state index is 13.6. The Labute approximate surface area is 129 Å². The molecule has 2 rings (SSSR count). The van der Waals surface area contributed by atoms with Gasteiger partial charge in [0.05, 0.1) is 12.1 Å². The van der Waals surface area contributed by atoms with Crippen molar-refractivity contribution in [2.75, 3.05) is 12.0 Å². The number of hydrogen-bond donors (Lipinski definition) is 2. The maximum atomic E-state index is 13.6. The molecule has 2 unspecified atom stereocenters. The summed E-state index contributed by atoms with van der Waals surface area (Å²) in [6.45, 7) is 0. The van der Waals surface area contributed by atoms with Crippen LogP contribution < -0.4 is 11.1 Å². The van der Waals surface area contributed by atoms with E-state index < -0.39 is 6.04 Å². The Hall–Kier alpha value is -0.780. The second-order valence-electron chi connectivity index (χ2n) is 4.80. The van der Waals surface area contributed by atoms with Crippen LogP contribution in [0.2, 0.25) is 0 Å². The number of nitrogens with one attached hydrogen (secondary N) is 1. The first-order valence-corrected chi connectivity index (χ1v) is 7.85. The quantitative estimate of drug-likeness (QED) is 0.876. The molecule has 0 fully saturated rings. The zero-order chi connectivity index (χ0) is 13.8. The molecule has 112 valence electrons. The minimum Gasteiger partial charge on any atom is -0.348 e. The van der Waals surface area contributed by atoms with E-state index in [0.717, 1.165) is 23.3 Å². The number of amides is 1. The smallest absolute Gasteiger partial charge is 0.237 e. The molecule has 0 heterocycles. The predicted molar refractivity (Wildman–Crippen MR) is 83.8 cm³/mol. The summed E-state index contributed by atoms with van der Waals surface area (Å²) in [6.07, 6.45) is 4.07. The molecule has 0 aliphatic heterocycles. The highest BCUT2D eigenvalue weighted by Gasteiger charge is 2.27. The van der Waals surface area contributed by atoms with Gasteiger partial charge in [0.2, 0.25) is 5.91 Å². The van der Waals surface area contributed by atoms with Crippen LogP contribution in [-0.4, -0.2) is 24.0 Å². The van der Waals surface area contributed by atoms with Crippen LogP contribution in [0.25, 0.3) is 0 Å². The zero-order valence-corrected chi connectivity index (χ0v) is 13.0. The number of benzene rings is 1. The molecule has 0 bridgehead atoms. The molecule has 1 aliphatic rings. The molecule has 1 aliphatic carbocycles. The number of rotatable bonds is 5. The molecule has 3 N–H and O–H groups in total. The molecule has 1 aromatic carbocycles. The first-order chi connectivity index (χ1) is 9.13. The molecule has 0 aromatic heterocycles. The maximum Gasteiger partial charge on any atom is 0.237 e. The molecule has 20 heavy (non-hydrogen) atoms. The molecule has 3 nitrogen and oxygen atoms in total. The summed E-state index contributed by atoms with van der Waals surface area (Å²) < 4.78 is 13.6. The molecule has 6 heteroatoms. The second-order valence-corrected chi connectivity index (χ2v) is 5.78. The van der Waals surface area contributed by atoms with Crippen LogP contribution in [-0.2, 0) is 11.2 Å². The third-order valence-electron chi connectivity index (χ3n) is 3.50. The minimum atomic E-state index is -0.481. The van der Waals surface area contributed by atoms with Crippen molar-refractivity contribution in [3.05, 3.63) is 35.1 Å². The van der Waals surface area contributed by atoms with Crippen LogP contribution >= 0.6 is 24.2 Å². The van der Waals surface area contributed by atoms with Crippen LogP contribution in [0.4, 0.5) is 4.39 Å². The lowest BCUT2D eigenvalue weighted by molar-refractivity contribution is -0.123. The summed E-state index contributed by atoms with van der Waals surface area (Å²) in [5.74, 6) is 0.543. The Kier molecular flexibility index (Phi) is 6.79. The number of carbonyl (C=O) groups excluding carboxylic acids is 1. The first-order valence-electron chi connectivity index (χ1n) is 6.45. The molecule has 0 spiro atoms. The summed E-state index contributed by atoms with van der Waals surface area (Å²) in [5.41, 5.74) is 7.45. The molecule has 0 saturated carbocycles. The number of thioether (sulfide) groups is 1. The molecule has 0 saturated heterocycles. The fourth-order valence-electron chi connectivity index (χ4n) is 2.41. The monoisotopic (exact) mass is 318 g/mol. The Morgan fingerprint density at radius 3 is 3.05 bits per heavy atom. The van der Waals surface area contributed by atoms with E-state index in [9.17, 15) is 9.18 Å². The largest absolute Gasteiger partial charge is 0.348 e. The van der Waals surface area contributed by atoms with Gasteiger partial charge in [0.1, 0.15) is 5.82 Å². The summed E-state index contributed by atoms with van der Waals surface area (Å²) >= 11 is 1.67. The number of hydrogen-bond acceptors (Lipinski definition) is 3. The van der Waals surface area contributed by atoms with E-state index in [1.807, 2.05) is 12.3 Å². The highest BCUT2D eigenvalue weighted by atomic mass is 35.5. The molecular formula is C14H20ClFN2OS. The average molecular weight is 319 g/mol. The van der Waals surface area contributed by atoms with Crippen LogP contribution in [0, 0.1) is 5.82 Å². The summed E-state index contributed by atoms with van der Waals surface area (Å²) in [5, 5.41) is 2.93. The van der Waals surface area contributed by atoms with E-state index in [2.05, 4.69) is 5.32 Å². The lowest BCUT2D eigenvalue weighted by Gasteiger charge is -2.17. The van der Waals surface area contributed by atoms with E-state index >= 15 is 0 Å². The number of carbonyl (C=O) groups is 1. The van der Waals surface area contributed by atoms with E-state index in [1.165, 1.54) is 6.07 Å². The van der Waals surface area contributed by atoms with Gasteiger partial charge in [-0.1, -0.05) is 12.1 Å². The van der Waals surface area contributed by atoms with E-state index in [-0.39, 0.29) is 30.2 Å². The number of halogens is 2. The van der Waals surface area contributed by atoms with Crippen molar-refractivity contribution in [2.45, 2.75) is 31.3 Å².